The molecule has 1 aromatic heterocycles. The van der Waals surface area contributed by atoms with E-state index in [2.05, 4.69) is 4.98 Å². The summed E-state index contributed by atoms with van der Waals surface area (Å²) >= 11 is 12.6. The number of rotatable bonds is 3. The monoisotopic (exact) mass is 345 g/mol. The number of esters is 1. The lowest BCUT2D eigenvalue weighted by molar-refractivity contribution is 0.0521. The number of hydrogen-bond donors (Lipinski definition) is 0. The van der Waals surface area contributed by atoms with Crippen molar-refractivity contribution in [3.63, 3.8) is 0 Å². The summed E-state index contributed by atoms with van der Waals surface area (Å²) in [7, 11) is 0. The van der Waals surface area contributed by atoms with Gasteiger partial charge in [0.1, 0.15) is 0 Å². The summed E-state index contributed by atoms with van der Waals surface area (Å²) < 4.78 is 5.13. The number of para-hydroxylation sites is 1. The van der Waals surface area contributed by atoms with Crippen molar-refractivity contribution in [1.82, 2.24) is 4.98 Å². The topological polar surface area (TPSA) is 39.2 Å². The molecule has 3 aromatic rings. The van der Waals surface area contributed by atoms with Gasteiger partial charge in [-0.15, -0.1) is 0 Å². The number of pyridine rings is 1. The number of hydrogen-bond acceptors (Lipinski definition) is 3. The summed E-state index contributed by atoms with van der Waals surface area (Å²) in [6.07, 6.45) is 0. The molecule has 0 aliphatic rings. The largest absolute Gasteiger partial charge is 0.461 e. The molecule has 0 saturated carbocycles. The molecule has 0 radical (unpaired) electrons. The van der Waals surface area contributed by atoms with E-state index in [4.69, 9.17) is 27.9 Å². The van der Waals surface area contributed by atoms with Crippen molar-refractivity contribution < 1.29 is 9.53 Å². The molecule has 0 amide bonds. The number of fused-ring (bicyclic) bond motifs is 1. The minimum atomic E-state index is -0.496. The third kappa shape index (κ3) is 3.03. The lowest BCUT2D eigenvalue weighted by Gasteiger charge is -2.13. The highest BCUT2D eigenvalue weighted by atomic mass is 35.5. The van der Waals surface area contributed by atoms with Gasteiger partial charge < -0.3 is 4.74 Å². The van der Waals surface area contributed by atoms with Gasteiger partial charge in [-0.3, -0.25) is 0 Å². The Morgan fingerprint density at radius 2 is 1.78 bits per heavy atom. The molecule has 0 atom stereocenters. The summed E-state index contributed by atoms with van der Waals surface area (Å²) in [5.41, 5.74) is 2.07. The van der Waals surface area contributed by atoms with Gasteiger partial charge in [-0.05, 0) is 31.2 Å². The van der Waals surface area contributed by atoms with Gasteiger partial charge in [-0.25, -0.2) is 9.78 Å². The van der Waals surface area contributed by atoms with Crippen LogP contribution in [0.15, 0.2) is 48.5 Å². The summed E-state index contributed by atoms with van der Waals surface area (Å²) in [4.78, 5) is 16.8. The zero-order valence-corrected chi connectivity index (χ0v) is 13.9. The first-order valence-corrected chi connectivity index (χ1v) is 7.88. The quantitative estimate of drug-likeness (QED) is 0.597. The van der Waals surface area contributed by atoms with Crippen LogP contribution in [0.3, 0.4) is 0 Å². The van der Waals surface area contributed by atoms with E-state index >= 15 is 0 Å². The lowest BCUT2D eigenvalue weighted by atomic mass is 10.0. The van der Waals surface area contributed by atoms with Crippen LogP contribution < -0.4 is 0 Å². The number of carbonyl (C=O) groups is 1. The highest BCUT2D eigenvalue weighted by Gasteiger charge is 2.20. The number of aromatic nitrogens is 1. The Morgan fingerprint density at radius 1 is 1.09 bits per heavy atom. The molecule has 3 nitrogen and oxygen atoms in total. The van der Waals surface area contributed by atoms with Crippen molar-refractivity contribution in [2.24, 2.45) is 0 Å². The fraction of sp³-hybridized carbons (Fsp3) is 0.111. The van der Waals surface area contributed by atoms with Crippen LogP contribution in [0.25, 0.3) is 22.0 Å². The number of carbonyl (C=O) groups excluding carboxylic acids is 1. The third-order valence-corrected chi connectivity index (χ3v) is 4.05. The SMILES string of the molecule is CCOC(=O)c1nc2ccccc2cc1-c1c(Cl)cccc1Cl. The van der Waals surface area contributed by atoms with Gasteiger partial charge in [0.25, 0.3) is 0 Å². The van der Waals surface area contributed by atoms with Crippen LogP contribution >= 0.6 is 23.2 Å². The fourth-order valence-corrected chi connectivity index (χ4v) is 3.02. The van der Waals surface area contributed by atoms with Gasteiger partial charge in [-0.1, -0.05) is 47.5 Å². The van der Waals surface area contributed by atoms with Crippen LogP contribution in [-0.2, 0) is 4.74 Å². The lowest BCUT2D eigenvalue weighted by Crippen LogP contribution is -2.09. The molecule has 1 heterocycles. The third-order valence-electron chi connectivity index (χ3n) is 3.42. The average molecular weight is 346 g/mol. The first kappa shape index (κ1) is 15.8. The predicted molar refractivity (Wildman–Crippen MR) is 93.2 cm³/mol. The molecule has 2 aromatic carbocycles. The van der Waals surface area contributed by atoms with Crippen molar-refractivity contribution in [1.29, 1.82) is 0 Å². The van der Waals surface area contributed by atoms with Gasteiger partial charge in [0.2, 0.25) is 0 Å². The van der Waals surface area contributed by atoms with Crippen molar-refractivity contribution in [3.8, 4) is 11.1 Å². The second-order valence-electron chi connectivity index (χ2n) is 4.89. The number of benzene rings is 2. The summed E-state index contributed by atoms with van der Waals surface area (Å²) in [6, 6.07) is 14.6. The Hall–Kier alpha value is -2.10. The Balaban J connectivity index is 2.33. The molecule has 23 heavy (non-hydrogen) atoms. The summed E-state index contributed by atoms with van der Waals surface area (Å²) in [5, 5.41) is 1.81. The molecule has 0 saturated heterocycles. The Bertz CT molecular complexity index is 873. The summed E-state index contributed by atoms with van der Waals surface area (Å²) in [5.74, 6) is -0.496. The first-order valence-electron chi connectivity index (χ1n) is 7.13. The molecule has 0 aliphatic carbocycles. The molecule has 0 unspecified atom stereocenters. The second kappa shape index (κ2) is 6.57. The maximum Gasteiger partial charge on any atom is 0.357 e. The van der Waals surface area contributed by atoms with E-state index in [1.54, 1.807) is 25.1 Å². The molecule has 0 spiro atoms. The summed E-state index contributed by atoms with van der Waals surface area (Å²) in [6.45, 7) is 2.02. The van der Waals surface area contributed by atoms with Crippen molar-refractivity contribution in [2.45, 2.75) is 6.92 Å². The average Bonchev–Trinajstić information content (AvgIpc) is 2.54. The molecule has 116 valence electrons. The first-order chi connectivity index (χ1) is 11.1. The zero-order valence-electron chi connectivity index (χ0n) is 12.3. The van der Waals surface area contributed by atoms with Gasteiger partial charge in [0.05, 0.1) is 12.1 Å². The van der Waals surface area contributed by atoms with Gasteiger partial charge >= 0.3 is 5.97 Å². The van der Waals surface area contributed by atoms with Crippen LogP contribution in [-0.4, -0.2) is 17.6 Å². The molecular formula is C18H13Cl2NO2. The zero-order chi connectivity index (χ0) is 16.4. The minimum Gasteiger partial charge on any atom is -0.461 e. The number of nitrogens with zero attached hydrogens (tertiary/aromatic N) is 1. The molecule has 0 N–H and O–H groups in total. The van der Waals surface area contributed by atoms with E-state index in [0.717, 1.165) is 5.39 Å². The normalized spacial score (nSPS) is 10.7. The van der Waals surface area contributed by atoms with Crippen molar-refractivity contribution in [3.05, 3.63) is 64.3 Å². The van der Waals surface area contributed by atoms with Crippen LogP contribution in [0.2, 0.25) is 10.0 Å². The fourth-order valence-electron chi connectivity index (χ4n) is 2.42. The van der Waals surface area contributed by atoms with E-state index in [-0.39, 0.29) is 12.3 Å². The van der Waals surface area contributed by atoms with E-state index < -0.39 is 5.97 Å². The van der Waals surface area contributed by atoms with Crippen LogP contribution in [0.1, 0.15) is 17.4 Å². The van der Waals surface area contributed by atoms with Gasteiger partial charge in [-0.2, -0.15) is 0 Å². The molecule has 0 bridgehead atoms. The molecule has 3 rings (SSSR count). The van der Waals surface area contributed by atoms with Crippen LogP contribution in [0.4, 0.5) is 0 Å². The molecule has 0 fully saturated rings. The van der Waals surface area contributed by atoms with E-state index in [1.807, 2.05) is 30.3 Å². The molecule has 5 heteroatoms. The molecule has 0 aliphatic heterocycles. The van der Waals surface area contributed by atoms with E-state index in [9.17, 15) is 4.79 Å². The van der Waals surface area contributed by atoms with E-state index in [0.29, 0.717) is 26.7 Å². The van der Waals surface area contributed by atoms with Gasteiger partial charge in [0, 0.05) is 26.6 Å². The number of halogens is 2. The van der Waals surface area contributed by atoms with Crippen molar-refractivity contribution >= 4 is 40.1 Å². The maximum atomic E-state index is 12.3. The standard InChI is InChI=1S/C18H13Cl2NO2/c1-2-23-18(22)17-12(16-13(19)7-5-8-14(16)20)10-11-6-3-4-9-15(11)21-17/h3-10H,2H2,1H3. The van der Waals surface area contributed by atoms with Crippen molar-refractivity contribution in [2.75, 3.05) is 6.61 Å². The Kier molecular flexibility index (Phi) is 4.51. The van der Waals surface area contributed by atoms with Gasteiger partial charge in [0.15, 0.2) is 5.69 Å². The number of ether oxygens (including phenoxy) is 1. The Morgan fingerprint density at radius 3 is 2.48 bits per heavy atom. The Labute approximate surface area is 143 Å². The predicted octanol–water partition coefficient (Wildman–Crippen LogP) is 5.39. The smallest absolute Gasteiger partial charge is 0.357 e. The minimum absolute atomic E-state index is 0.209. The van der Waals surface area contributed by atoms with Crippen LogP contribution in [0, 0.1) is 0 Å². The highest BCUT2D eigenvalue weighted by Crippen LogP contribution is 2.37. The second-order valence-corrected chi connectivity index (χ2v) is 5.71. The highest BCUT2D eigenvalue weighted by molar-refractivity contribution is 6.39. The van der Waals surface area contributed by atoms with Crippen LogP contribution in [0.5, 0.6) is 0 Å². The van der Waals surface area contributed by atoms with E-state index in [1.165, 1.54) is 0 Å². The maximum absolute atomic E-state index is 12.3. The molecular weight excluding hydrogens is 333 g/mol.